The maximum atomic E-state index is 11.5. The van der Waals surface area contributed by atoms with Crippen LogP contribution in [0.1, 0.15) is 39.0 Å². The van der Waals surface area contributed by atoms with Gasteiger partial charge in [0.2, 0.25) is 5.91 Å². The first-order chi connectivity index (χ1) is 8.65. The monoisotopic (exact) mass is 269 g/mol. The van der Waals surface area contributed by atoms with Gasteiger partial charge in [0.25, 0.3) is 5.91 Å². The van der Waals surface area contributed by atoms with Crippen LogP contribution in [0.5, 0.6) is 0 Å². The van der Waals surface area contributed by atoms with E-state index in [1.807, 2.05) is 0 Å². The van der Waals surface area contributed by atoms with E-state index in [9.17, 15) is 9.59 Å². The van der Waals surface area contributed by atoms with E-state index < -0.39 is 5.37 Å². The lowest BCUT2D eigenvalue weighted by molar-refractivity contribution is -0.124. The summed E-state index contributed by atoms with van der Waals surface area (Å²) in [6.45, 7) is 2.19. The third kappa shape index (κ3) is 3.73. The van der Waals surface area contributed by atoms with Gasteiger partial charge in [-0.3, -0.25) is 14.6 Å². The highest BCUT2D eigenvalue weighted by Crippen LogP contribution is 2.24. The van der Waals surface area contributed by atoms with Crippen LogP contribution in [0.4, 0.5) is 0 Å². The van der Waals surface area contributed by atoms with Crippen LogP contribution in [-0.2, 0) is 9.59 Å². The Morgan fingerprint density at radius 1 is 1.44 bits per heavy atom. The minimum absolute atomic E-state index is 0.183. The van der Waals surface area contributed by atoms with Crippen molar-refractivity contribution in [1.29, 1.82) is 0 Å². The normalized spacial score (nSPS) is 27.3. The summed E-state index contributed by atoms with van der Waals surface area (Å²) in [6.07, 6.45) is 6.41. The van der Waals surface area contributed by atoms with Gasteiger partial charge < -0.3 is 10.6 Å². The van der Waals surface area contributed by atoms with Crippen molar-refractivity contribution >= 4 is 28.7 Å². The Morgan fingerprint density at radius 2 is 2.17 bits per heavy atom. The number of carbonyl (C=O) groups is 2. The van der Waals surface area contributed by atoms with E-state index in [0.717, 1.165) is 6.54 Å². The lowest BCUT2D eigenvalue weighted by Crippen LogP contribution is -2.37. The molecule has 1 atom stereocenters. The maximum absolute atomic E-state index is 11.5. The molecule has 6 heteroatoms. The number of thioether (sulfide) groups is 1. The minimum Gasteiger partial charge on any atom is -0.336 e. The fourth-order valence-electron chi connectivity index (χ4n) is 2.30. The van der Waals surface area contributed by atoms with Crippen molar-refractivity contribution in [3.63, 3.8) is 0 Å². The van der Waals surface area contributed by atoms with Gasteiger partial charge >= 0.3 is 0 Å². The van der Waals surface area contributed by atoms with Crippen molar-refractivity contribution < 1.29 is 9.59 Å². The smallest absolute Gasteiger partial charge is 0.259 e. The van der Waals surface area contributed by atoms with E-state index >= 15 is 0 Å². The van der Waals surface area contributed by atoms with E-state index in [2.05, 4.69) is 15.6 Å². The summed E-state index contributed by atoms with van der Waals surface area (Å²) in [5.41, 5.74) is 0. The van der Waals surface area contributed by atoms with Gasteiger partial charge in [-0.25, -0.2) is 0 Å². The molecule has 0 aromatic rings. The van der Waals surface area contributed by atoms with Gasteiger partial charge in [-0.1, -0.05) is 31.0 Å². The molecule has 1 aliphatic heterocycles. The van der Waals surface area contributed by atoms with Crippen molar-refractivity contribution in [2.24, 2.45) is 10.9 Å². The van der Waals surface area contributed by atoms with Crippen LogP contribution >= 0.6 is 11.8 Å². The van der Waals surface area contributed by atoms with Crippen molar-refractivity contribution in [2.75, 3.05) is 6.54 Å². The Kier molecular flexibility index (Phi) is 4.63. The summed E-state index contributed by atoms with van der Waals surface area (Å²) in [5.74, 6) is 0.275. The standard InChI is InChI=1S/C12H19N3O2S/c1-8(16)14-11-10(17)15-12(18-11)13-7-9-5-3-2-4-6-9/h9,11H,2-7H2,1H3,(H,14,16)(H,13,15,17). The van der Waals surface area contributed by atoms with E-state index in [1.54, 1.807) is 0 Å². The van der Waals surface area contributed by atoms with E-state index in [1.165, 1.54) is 50.8 Å². The van der Waals surface area contributed by atoms with Crippen LogP contribution in [-0.4, -0.2) is 28.9 Å². The molecule has 5 nitrogen and oxygen atoms in total. The largest absolute Gasteiger partial charge is 0.336 e. The summed E-state index contributed by atoms with van der Waals surface area (Å²) in [4.78, 5) is 26.9. The summed E-state index contributed by atoms with van der Waals surface area (Å²) >= 11 is 1.29. The Morgan fingerprint density at radius 3 is 2.83 bits per heavy atom. The average Bonchev–Trinajstić information content (AvgIpc) is 2.68. The molecule has 1 saturated heterocycles. The summed E-state index contributed by atoms with van der Waals surface area (Å²) < 4.78 is 0. The number of amides is 2. The van der Waals surface area contributed by atoms with Gasteiger partial charge in [-0.2, -0.15) is 0 Å². The molecule has 100 valence electrons. The highest BCUT2D eigenvalue weighted by atomic mass is 32.2. The SMILES string of the molecule is CC(=O)NC1SC(=NCC2CCCCC2)NC1=O. The van der Waals surface area contributed by atoms with Crippen molar-refractivity contribution in [2.45, 2.75) is 44.4 Å². The molecule has 2 N–H and O–H groups in total. The fraction of sp³-hybridized carbons (Fsp3) is 0.750. The Balaban J connectivity index is 1.82. The molecule has 1 aliphatic carbocycles. The van der Waals surface area contributed by atoms with Gasteiger partial charge in [-0.15, -0.1) is 0 Å². The zero-order valence-corrected chi connectivity index (χ0v) is 11.4. The maximum Gasteiger partial charge on any atom is 0.259 e. The third-order valence-corrected chi connectivity index (χ3v) is 4.27. The predicted octanol–water partition coefficient (Wildman–Crippen LogP) is 1.25. The lowest BCUT2D eigenvalue weighted by Gasteiger charge is -2.19. The molecule has 0 aromatic carbocycles. The first kappa shape index (κ1) is 13.4. The van der Waals surface area contributed by atoms with E-state index in [4.69, 9.17) is 0 Å². The Labute approximate surface area is 111 Å². The molecule has 1 heterocycles. The number of amidine groups is 1. The molecular formula is C12H19N3O2S. The second-order valence-corrected chi connectivity index (χ2v) is 5.93. The van der Waals surface area contributed by atoms with Crippen molar-refractivity contribution in [3.8, 4) is 0 Å². The molecule has 0 spiro atoms. The number of nitrogens with one attached hydrogen (secondary N) is 2. The Bertz CT molecular complexity index is 364. The molecular weight excluding hydrogens is 250 g/mol. The summed E-state index contributed by atoms with van der Waals surface area (Å²) in [7, 11) is 0. The third-order valence-electron chi connectivity index (χ3n) is 3.25. The number of rotatable bonds is 3. The van der Waals surface area contributed by atoms with Crippen LogP contribution in [0.25, 0.3) is 0 Å². The Hall–Kier alpha value is -1.04. The van der Waals surface area contributed by atoms with Crippen LogP contribution in [0.15, 0.2) is 4.99 Å². The zero-order chi connectivity index (χ0) is 13.0. The first-order valence-electron chi connectivity index (χ1n) is 6.44. The molecule has 2 fully saturated rings. The topological polar surface area (TPSA) is 70.6 Å². The molecule has 2 amide bonds. The number of nitrogens with zero attached hydrogens (tertiary/aromatic N) is 1. The van der Waals surface area contributed by atoms with Gasteiger partial charge in [0.1, 0.15) is 0 Å². The number of hydrogen-bond donors (Lipinski definition) is 2. The number of hydrogen-bond acceptors (Lipinski definition) is 4. The summed E-state index contributed by atoms with van der Waals surface area (Å²) in [5, 5.41) is 5.42. The van der Waals surface area contributed by atoms with Crippen molar-refractivity contribution in [1.82, 2.24) is 10.6 Å². The van der Waals surface area contributed by atoms with E-state index in [-0.39, 0.29) is 11.8 Å². The quantitative estimate of drug-likeness (QED) is 0.810. The van der Waals surface area contributed by atoms with Crippen LogP contribution in [0, 0.1) is 5.92 Å². The number of carbonyl (C=O) groups excluding carboxylic acids is 2. The fourth-order valence-corrected chi connectivity index (χ4v) is 3.23. The van der Waals surface area contributed by atoms with Crippen LogP contribution in [0.2, 0.25) is 0 Å². The molecule has 18 heavy (non-hydrogen) atoms. The molecule has 0 bridgehead atoms. The lowest BCUT2D eigenvalue weighted by atomic mass is 9.89. The molecule has 0 aromatic heterocycles. The van der Waals surface area contributed by atoms with E-state index in [0.29, 0.717) is 11.1 Å². The van der Waals surface area contributed by atoms with Gasteiger partial charge in [0, 0.05) is 13.5 Å². The second kappa shape index (κ2) is 6.22. The first-order valence-corrected chi connectivity index (χ1v) is 7.32. The summed E-state index contributed by atoms with van der Waals surface area (Å²) in [6, 6.07) is 0. The number of aliphatic imine (C=N–C) groups is 1. The molecule has 2 aliphatic rings. The van der Waals surface area contributed by atoms with Gasteiger partial charge in [0.05, 0.1) is 0 Å². The molecule has 2 rings (SSSR count). The van der Waals surface area contributed by atoms with Gasteiger partial charge in [-0.05, 0) is 18.8 Å². The molecule has 0 radical (unpaired) electrons. The van der Waals surface area contributed by atoms with Gasteiger partial charge in [0.15, 0.2) is 10.5 Å². The molecule has 1 saturated carbocycles. The average molecular weight is 269 g/mol. The predicted molar refractivity (Wildman–Crippen MR) is 72.2 cm³/mol. The van der Waals surface area contributed by atoms with Crippen molar-refractivity contribution in [3.05, 3.63) is 0 Å². The van der Waals surface area contributed by atoms with Crippen LogP contribution in [0.3, 0.4) is 0 Å². The highest BCUT2D eigenvalue weighted by molar-refractivity contribution is 8.15. The van der Waals surface area contributed by atoms with Crippen LogP contribution < -0.4 is 10.6 Å². The minimum atomic E-state index is -0.521. The molecule has 1 unspecified atom stereocenters. The highest BCUT2D eigenvalue weighted by Gasteiger charge is 2.30. The zero-order valence-electron chi connectivity index (χ0n) is 10.6. The second-order valence-electron chi connectivity index (χ2n) is 4.84.